The third-order valence-corrected chi connectivity index (χ3v) is 5.98. The standard InChI is InChI=1S/C24H17Cl4N3O2/c25-17-7-9-18(10-8-17)33-14-15-3-1-4-16(11-15)24(32)29-23-22(28)13-31(30-23)12-19-20(26)5-2-6-21(19)27/h1-11,13H,12,14H2,(H,29,30,32). The highest BCUT2D eigenvalue weighted by atomic mass is 35.5. The maximum Gasteiger partial charge on any atom is 0.256 e. The van der Waals surface area contributed by atoms with Gasteiger partial charge in [0.05, 0.1) is 6.54 Å². The number of halogens is 4. The Morgan fingerprint density at radius 1 is 0.909 bits per heavy atom. The summed E-state index contributed by atoms with van der Waals surface area (Å²) >= 11 is 24.6. The van der Waals surface area contributed by atoms with Crippen LogP contribution in [0.5, 0.6) is 5.75 Å². The van der Waals surface area contributed by atoms with Gasteiger partial charge in [0, 0.05) is 32.4 Å². The van der Waals surface area contributed by atoms with E-state index >= 15 is 0 Å². The van der Waals surface area contributed by atoms with Crippen LogP contribution in [0.25, 0.3) is 0 Å². The monoisotopic (exact) mass is 519 g/mol. The zero-order valence-corrected chi connectivity index (χ0v) is 20.1. The largest absolute Gasteiger partial charge is 0.489 e. The molecule has 0 radical (unpaired) electrons. The van der Waals surface area contributed by atoms with Crippen LogP contribution < -0.4 is 10.1 Å². The summed E-state index contributed by atoms with van der Waals surface area (Å²) in [5, 5.41) is 9.09. The summed E-state index contributed by atoms with van der Waals surface area (Å²) < 4.78 is 7.32. The van der Waals surface area contributed by atoms with Crippen molar-refractivity contribution >= 4 is 58.1 Å². The van der Waals surface area contributed by atoms with E-state index in [4.69, 9.17) is 51.1 Å². The maximum atomic E-state index is 12.8. The third-order valence-electron chi connectivity index (χ3n) is 4.74. The van der Waals surface area contributed by atoms with Gasteiger partial charge in [-0.05, 0) is 54.1 Å². The van der Waals surface area contributed by atoms with Crippen molar-refractivity contribution < 1.29 is 9.53 Å². The average molecular weight is 521 g/mol. The molecular formula is C24H17Cl4N3O2. The number of carbonyl (C=O) groups is 1. The number of anilines is 1. The predicted octanol–water partition coefficient (Wildman–Crippen LogP) is 7.38. The minimum atomic E-state index is -0.341. The van der Waals surface area contributed by atoms with Crippen molar-refractivity contribution in [1.82, 2.24) is 9.78 Å². The van der Waals surface area contributed by atoms with Crippen molar-refractivity contribution in [2.45, 2.75) is 13.2 Å². The summed E-state index contributed by atoms with van der Waals surface area (Å²) in [4.78, 5) is 12.8. The molecule has 1 N–H and O–H groups in total. The second-order valence-electron chi connectivity index (χ2n) is 7.12. The van der Waals surface area contributed by atoms with Gasteiger partial charge in [-0.2, -0.15) is 5.10 Å². The highest BCUT2D eigenvalue weighted by Crippen LogP contribution is 2.27. The number of carbonyl (C=O) groups excluding carboxylic acids is 1. The van der Waals surface area contributed by atoms with E-state index in [0.29, 0.717) is 50.1 Å². The number of rotatable bonds is 7. The Balaban J connectivity index is 1.43. The van der Waals surface area contributed by atoms with E-state index in [-0.39, 0.29) is 11.7 Å². The van der Waals surface area contributed by atoms with Crippen molar-refractivity contribution in [2.24, 2.45) is 0 Å². The molecular weight excluding hydrogens is 504 g/mol. The van der Waals surface area contributed by atoms with Gasteiger partial charge < -0.3 is 10.1 Å². The number of aromatic nitrogens is 2. The van der Waals surface area contributed by atoms with Gasteiger partial charge in [-0.3, -0.25) is 9.48 Å². The molecule has 33 heavy (non-hydrogen) atoms. The van der Waals surface area contributed by atoms with E-state index in [1.165, 1.54) is 0 Å². The van der Waals surface area contributed by atoms with E-state index < -0.39 is 0 Å². The van der Waals surface area contributed by atoms with Gasteiger partial charge in [-0.15, -0.1) is 0 Å². The molecule has 0 fully saturated rings. The second kappa shape index (κ2) is 10.5. The minimum absolute atomic E-state index is 0.243. The quantitative estimate of drug-likeness (QED) is 0.276. The topological polar surface area (TPSA) is 56.2 Å². The van der Waals surface area contributed by atoms with Crippen LogP contribution in [0.3, 0.4) is 0 Å². The first-order valence-corrected chi connectivity index (χ1v) is 11.3. The van der Waals surface area contributed by atoms with E-state index in [0.717, 1.165) is 5.56 Å². The molecule has 0 aliphatic rings. The molecule has 0 saturated carbocycles. The fourth-order valence-corrected chi connectivity index (χ4v) is 3.93. The molecule has 168 valence electrons. The van der Waals surface area contributed by atoms with Gasteiger partial charge in [0.1, 0.15) is 17.4 Å². The lowest BCUT2D eigenvalue weighted by molar-refractivity contribution is 0.102. The molecule has 0 bridgehead atoms. The molecule has 0 atom stereocenters. The van der Waals surface area contributed by atoms with E-state index in [1.54, 1.807) is 71.5 Å². The van der Waals surface area contributed by atoms with Crippen molar-refractivity contribution in [2.75, 3.05) is 5.32 Å². The lowest BCUT2D eigenvalue weighted by Gasteiger charge is -2.08. The second-order valence-corrected chi connectivity index (χ2v) is 8.78. The summed E-state index contributed by atoms with van der Waals surface area (Å²) in [5.74, 6) is 0.587. The molecule has 1 heterocycles. The summed E-state index contributed by atoms with van der Waals surface area (Å²) in [7, 11) is 0. The molecule has 5 nitrogen and oxygen atoms in total. The predicted molar refractivity (Wildman–Crippen MR) is 133 cm³/mol. The lowest BCUT2D eigenvalue weighted by Crippen LogP contribution is -2.13. The van der Waals surface area contributed by atoms with Crippen LogP contribution in [0.2, 0.25) is 20.1 Å². The van der Waals surface area contributed by atoms with Crippen molar-refractivity contribution in [1.29, 1.82) is 0 Å². The molecule has 3 aromatic carbocycles. The first-order valence-electron chi connectivity index (χ1n) is 9.83. The highest BCUT2D eigenvalue weighted by Gasteiger charge is 2.15. The van der Waals surface area contributed by atoms with Gasteiger partial charge in [-0.25, -0.2) is 0 Å². The Morgan fingerprint density at radius 2 is 1.61 bits per heavy atom. The summed E-state index contributed by atoms with van der Waals surface area (Å²) in [5.41, 5.74) is 2.00. The van der Waals surface area contributed by atoms with E-state index in [9.17, 15) is 4.79 Å². The molecule has 0 saturated heterocycles. The summed E-state index contributed by atoms with van der Waals surface area (Å²) in [6.07, 6.45) is 1.60. The number of amides is 1. The van der Waals surface area contributed by atoms with Gasteiger partial charge >= 0.3 is 0 Å². The Bertz CT molecular complexity index is 1270. The Morgan fingerprint density at radius 3 is 2.33 bits per heavy atom. The SMILES string of the molecule is O=C(Nc1nn(Cc2c(Cl)cccc2Cl)cc1Cl)c1cccc(COc2ccc(Cl)cc2)c1. The van der Waals surface area contributed by atoms with Crippen molar-refractivity contribution in [3.63, 3.8) is 0 Å². The van der Waals surface area contributed by atoms with Crippen LogP contribution in [0.15, 0.2) is 72.9 Å². The van der Waals surface area contributed by atoms with Crippen LogP contribution in [0.1, 0.15) is 21.5 Å². The Hall–Kier alpha value is -2.70. The molecule has 9 heteroatoms. The van der Waals surface area contributed by atoms with Gasteiger partial charge in [0.25, 0.3) is 5.91 Å². The van der Waals surface area contributed by atoms with Crippen LogP contribution in [-0.2, 0) is 13.2 Å². The smallest absolute Gasteiger partial charge is 0.256 e. The normalized spacial score (nSPS) is 10.8. The lowest BCUT2D eigenvalue weighted by atomic mass is 10.1. The van der Waals surface area contributed by atoms with Gasteiger partial charge in [-0.1, -0.05) is 64.6 Å². The Kier molecular flexibility index (Phi) is 7.46. The number of ether oxygens (including phenoxy) is 1. The Labute approximate surface area is 210 Å². The average Bonchev–Trinajstić information content (AvgIpc) is 3.15. The number of hydrogen-bond acceptors (Lipinski definition) is 3. The minimum Gasteiger partial charge on any atom is -0.489 e. The molecule has 4 aromatic rings. The third kappa shape index (κ3) is 6.01. The van der Waals surface area contributed by atoms with Gasteiger partial charge in [0.2, 0.25) is 0 Å². The van der Waals surface area contributed by atoms with E-state index in [2.05, 4.69) is 10.4 Å². The van der Waals surface area contributed by atoms with Crippen molar-refractivity contribution in [3.8, 4) is 5.75 Å². The number of benzene rings is 3. The maximum absolute atomic E-state index is 12.8. The zero-order chi connectivity index (χ0) is 23.4. The number of nitrogens with zero attached hydrogens (tertiary/aromatic N) is 2. The van der Waals surface area contributed by atoms with Crippen LogP contribution in [0, 0.1) is 0 Å². The van der Waals surface area contributed by atoms with Crippen LogP contribution in [-0.4, -0.2) is 15.7 Å². The molecule has 0 spiro atoms. The number of nitrogens with one attached hydrogen (secondary N) is 1. The van der Waals surface area contributed by atoms with E-state index in [1.807, 2.05) is 6.07 Å². The molecule has 0 aliphatic carbocycles. The molecule has 0 aliphatic heterocycles. The van der Waals surface area contributed by atoms with Crippen LogP contribution in [0.4, 0.5) is 5.82 Å². The molecule has 1 amide bonds. The fraction of sp³-hybridized carbons (Fsp3) is 0.0833. The van der Waals surface area contributed by atoms with Crippen molar-refractivity contribution in [3.05, 3.63) is 110 Å². The zero-order valence-electron chi connectivity index (χ0n) is 17.1. The summed E-state index contributed by atoms with van der Waals surface area (Å²) in [6, 6.07) is 19.5. The first kappa shape index (κ1) is 23.5. The molecule has 4 rings (SSSR count). The van der Waals surface area contributed by atoms with Gasteiger partial charge in [0.15, 0.2) is 5.82 Å². The molecule has 1 aromatic heterocycles. The highest BCUT2D eigenvalue weighted by molar-refractivity contribution is 6.36. The fourth-order valence-electron chi connectivity index (χ4n) is 3.09. The number of hydrogen-bond donors (Lipinski definition) is 1. The first-order chi connectivity index (χ1) is 15.9. The van der Waals surface area contributed by atoms with Crippen LogP contribution >= 0.6 is 46.4 Å². The summed E-state index contributed by atoms with van der Waals surface area (Å²) in [6.45, 7) is 0.613. The molecule has 0 unspecified atom stereocenters.